The van der Waals surface area contributed by atoms with Crippen molar-refractivity contribution >= 4 is 16.9 Å². The van der Waals surface area contributed by atoms with Crippen LogP contribution in [0.3, 0.4) is 0 Å². The number of fused-ring (bicyclic) bond motifs is 1. The summed E-state index contributed by atoms with van der Waals surface area (Å²) in [6.07, 6.45) is 2.72. The number of piperidine rings is 1. The molecule has 0 bridgehead atoms. The molecule has 1 amide bonds. The van der Waals surface area contributed by atoms with Crippen LogP contribution in [0.4, 0.5) is 0 Å². The number of aryl methyl sites for hydroxylation is 1. The lowest BCUT2D eigenvalue weighted by atomic mass is 10.0. The minimum atomic E-state index is -0.256. The molecular formula is C16H16N6O2. The Balaban J connectivity index is 1.67. The number of amides is 1. The van der Waals surface area contributed by atoms with E-state index in [1.165, 1.54) is 0 Å². The van der Waals surface area contributed by atoms with Gasteiger partial charge in [-0.3, -0.25) is 4.79 Å². The van der Waals surface area contributed by atoms with E-state index in [1.807, 2.05) is 24.3 Å². The molecule has 3 heterocycles. The number of aromatic nitrogens is 5. The Morgan fingerprint density at radius 1 is 1.17 bits per heavy atom. The van der Waals surface area contributed by atoms with Crippen LogP contribution in [0.1, 0.15) is 47.6 Å². The first-order chi connectivity index (χ1) is 11.7. The molecular weight excluding hydrogens is 308 g/mol. The van der Waals surface area contributed by atoms with E-state index in [9.17, 15) is 4.79 Å². The highest BCUT2D eigenvalue weighted by molar-refractivity contribution is 5.92. The van der Waals surface area contributed by atoms with Crippen LogP contribution in [0.15, 0.2) is 28.8 Å². The number of hydrogen-bond acceptors (Lipinski definition) is 7. The van der Waals surface area contributed by atoms with Crippen LogP contribution in [0.2, 0.25) is 0 Å². The standard InChI is InChI=1S/C16H16N6O2/c1-10-17-15(24-21-10)13-8-4-5-9-22(13)16(23)14-18-11-6-2-3-7-12(11)19-20-14/h2-3,6-7,13H,4-5,8-9H2,1H3. The van der Waals surface area contributed by atoms with Crippen molar-refractivity contribution < 1.29 is 9.32 Å². The zero-order valence-electron chi connectivity index (χ0n) is 13.2. The van der Waals surface area contributed by atoms with Crippen LogP contribution in [-0.4, -0.2) is 42.7 Å². The highest BCUT2D eigenvalue weighted by Gasteiger charge is 2.33. The van der Waals surface area contributed by atoms with E-state index in [1.54, 1.807) is 11.8 Å². The largest absolute Gasteiger partial charge is 0.337 e. The number of nitrogens with zero attached hydrogens (tertiary/aromatic N) is 6. The van der Waals surface area contributed by atoms with Crippen molar-refractivity contribution in [2.24, 2.45) is 0 Å². The maximum absolute atomic E-state index is 12.9. The van der Waals surface area contributed by atoms with E-state index in [0.717, 1.165) is 19.3 Å². The predicted octanol–water partition coefficient (Wildman–Crippen LogP) is 2.08. The van der Waals surface area contributed by atoms with Crippen LogP contribution in [0.5, 0.6) is 0 Å². The molecule has 8 heteroatoms. The fraction of sp³-hybridized carbons (Fsp3) is 0.375. The van der Waals surface area contributed by atoms with E-state index in [0.29, 0.717) is 29.3 Å². The Labute approximate surface area is 137 Å². The van der Waals surface area contributed by atoms with Crippen molar-refractivity contribution in [3.63, 3.8) is 0 Å². The van der Waals surface area contributed by atoms with Crippen molar-refractivity contribution in [2.75, 3.05) is 6.54 Å². The molecule has 1 fully saturated rings. The zero-order chi connectivity index (χ0) is 16.5. The molecule has 0 spiro atoms. The summed E-state index contributed by atoms with van der Waals surface area (Å²) in [5.74, 6) is 0.867. The smallest absolute Gasteiger partial charge is 0.294 e. The number of carbonyl (C=O) groups is 1. The quantitative estimate of drug-likeness (QED) is 0.711. The first-order valence-corrected chi connectivity index (χ1v) is 7.93. The summed E-state index contributed by atoms with van der Waals surface area (Å²) < 4.78 is 5.28. The monoisotopic (exact) mass is 324 g/mol. The third kappa shape index (κ3) is 2.60. The molecule has 1 unspecified atom stereocenters. The first kappa shape index (κ1) is 14.7. The molecule has 2 aromatic heterocycles. The molecule has 1 aromatic carbocycles. The van der Waals surface area contributed by atoms with E-state index in [4.69, 9.17) is 4.52 Å². The van der Waals surface area contributed by atoms with Gasteiger partial charge < -0.3 is 9.42 Å². The summed E-state index contributed by atoms with van der Waals surface area (Å²) in [6, 6.07) is 7.11. The van der Waals surface area contributed by atoms with Gasteiger partial charge in [-0.25, -0.2) is 4.98 Å². The van der Waals surface area contributed by atoms with Crippen LogP contribution in [0.25, 0.3) is 11.0 Å². The Kier molecular flexibility index (Phi) is 3.64. The van der Waals surface area contributed by atoms with Gasteiger partial charge in [-0.15, -0.1) is 10.2 Å². The number of hydrogen-bond donors (Lipinski definition) is 0. The molecule has 122 valence electrons. The Bertz CT molecular complexity index is 893. The first-order valence-electron chi connectivity index (χ1n) is 7.93. The minimum Gasteiger partial charge on any atom is -0.337 e. The molecule has 3 aromatic rings. The number of carbonyl (C=O) groups excluding carboxylic acids is 1. The van der Waals surface area contributed by atoms with E-state index in [-0.39, 0.29) is 17.8 Å². The maximum Gasteiger partial charge on any atom is 0.294 e. The third-order valence-electron chi connectivity index (χ3n) is 4.14. The highest BCUT2D eigenvalue weighted by Crippen LogP contribution is 2.30. The van der Waals surface area contributed by atoms with Crippen molar-refractivity contribution in [3.05, 3.63) is 41.8 Å². The fourth-order valence-corrected chi connectivity index (χ4v) is 2.98. The minimum absolute atomic E-state index is 0.0943. The van der Waals surface area contributed by atoms with Crippen molar-refractivity contribution in [3.8, 4) is 0 Å². The molecule has 8 nitrogen and oxygen atoms in total. The van der Waals surface area contributed by atoms with Gasteiger partial charge in [0.25, 0.3) is 5.91 Å². The van der Waals surface area contributed by atoms with Crippen molar-refractivity contribution in [2.45, 2.75) is 32.2 Å². The van der Waals surface area contributed by atoms with Crippen LogP contribution >= 0.6 is 0 Å². The summed E-state index contributed by atoms with van der Waals surface area (Å²) in [5, 5.41) is 11.9. The summed E-state index contributed by atoms with van der Waals surface area (Å²) in [6.45, 7) is 2.37. The number of benzene rings is 1. The van der Waals surface area contributed by atoms with Gasteiger partial charge in [0.2, 0.25) is 11.7 Å². The van der Waals surface area contributed by atoms with Gasteiger partial charge in [0.15, 0.2) is 5.82 Å². The number of likely N-dealkylation sites (tertiary alicyclic amines) is 1. The van der Waals surface area contributed by atoms with Crippen LogP contribution in [0, 0.1) is 6.92 Å². The molecule has 1 saturated heterocycles. The lowest BCUT2D eigenvalue weighted by molar-refractivity contribution is 0.0548. The molecule has 1 aliphatic heterocycles. The SMILES string of the molecule is Cc1noc(C2CCCCN2C(=O)c2nnc3ccccc3n2)n1. The van der Waals surface area contributed by atoms with Crippen molar-refractivity contribution in [1.29, 1.82) is 0 Å². The topological polar surface area (TPSA) is 97.9 Å². The van der Waals surface area contributed by atoms with Gasteiger partial charge >= 0.3 is 0 Å². The molecule has 24 heavy (non-hydrogen) atoms. The Hall–Kier alpha value is -2.90. The molecule has 0 radical (unpaired) electrons. The van der Waals surface area contributed by atoms with Gasteiger partial charge in [-0.2, -0.15) is 4.98 Å². The predicted molar refractivity (Wildman–Crippen MR) is 84.0 cm³/mol. The number of para-hydroxylation sites is 1. The van der Waals surface area contributed by atoms with Gasteiger partial charge in [0, 0.05) is 6.54 Å². The summed E-state index contributed by atoms with van der Waals surface area (Å²) in [4.78, 5) is 23.3. The van der Waals surface area contributed by atoms with Gasteiger partial charge in [0.1, 0.15) is 11.6 Å². The van der Waals surface area contributed by atoms with Crippen LogP contribution < -0.4 is 0 Å². The van der Waals surface area contributed by atoms with Crippen LogP contribution in [-0.2, 0) is 0 Å². The normalized spacial score (nSPS) is 18.0. The summed E-state index contributed by atoms with van der Waals surface area (Å²) in [5.41, 5.74) is 1.31. The molecule has 1 aliphatic rings. The van der Waals surface area contributed by atoms with E-state index < -0.39 is 0 Å². The molecule has 0 saturated carbocycles. The second-order valence-corrected chi connectivity index (χ2v) is 5.81. The molecule has 4 rings (SSSR count). The van der Waals surface area contributed by atoms with Crippen molar-refractivity contribution in [1.82, 2.24) is 30.2 Å². The van der Waals surface area contributed by atoms with E-state index in [2.05, 4.69) is 25.3 Å². The second-order valence-electron chi connectivity index (χ2n) is 5.81. The highest BCUT2D eigenvalue weighted by atomic mass is 16.5. The lowest BCUT2D eigenvalue weighted by Gasteiger charge is -2.32. The molecule has 0 N–H and O–H groups in total. The Morgan fingerprint density at radius 3 is 2.79 bits per heavy atom. The summed E-state index contributed by atoms with van der Waals surface area (Å²) in [7, 11) is 0. The molecule has 1 atom stereocenters. The van der Waals surface area contributed by atoms with E-state index >= 15 is 0 Å². The second kappa shape index (κ2) is 5.95. The van der Waals surface area contributed by atoms with Gasteiger partial charge in [-0.05, 0) is 38.3 Å². The lowest BCUT2D eigenvalue weighted by Crippen LogP contribution is -2.39. The van der Waals surface area contributed by atoms with Gasteiger partial charge in [-0.1, -0.05) is 17.3 Å². The summed E-state index contributed by atoms with van der Waals surface area (Å²) >= 11 is 0. The third-order valence-corrected chi connectivity index (χ3v) is 4.14. The maximum atomic E-state index is 12.9. The average Bonchev–Trinajstić information content (AvgIpc) is 3.07. The molecule has 0 aliphatic carbocycles. The average molecular weight is 324 g/mol. The fourth-order valence-electron chi connectivity index (χ4n) is 2.98. The zero-order valence-corrected chi connectivity index (χ0v) is 13.2. The Morgan fingerprint density at radius 2 is 2.00 bits per heavy atom. The van der Waals surface area contributed by atoms with Gasteiger partial charge in [0.05, 0.1) is 5.52 Å². The number of rotatable bonds is 2.